The zero-order chi connectivity index (χ0) is 14.5. The summed E-state index contributed by atoms with van der Waals surface area (Å²) in [7, 11) is 3.82. The number of rotatable bonds is 7. The van der Waals surface area contributed by atoms with Crippen molar-refractivity contribution >= 4 is 0 Å². The molecule has 0 heterocycles. The molecule has 3 heteroatoms. The first-order valence-electron chi connectivity index (χ1n) is 6.86. The number of aliphatic hydroxyl groups excluding tert-OH is 1. The van der Waals surface area contributed by atoms with Gasteiger partial charge < -0.3 is 14.7 Å². The van der Waals surface area contributed by atoms with Crippen LogP contribution >= 0.6 is 0 Å². The Balaban J connectivity index is 2.59. The van der Waals surface area contributed by atoms with Crippen molar-refractivity contribution in [2.45, 2.75) is 39.2 Å². The minimum Gasteiger partial charge on any atom is -0.496 e. The van der Waals surface area contributed by atoms with E-state index in [1.165, 1.54) is 11.1 Å². The second-order valence-corrected chi connectivity index (χ2v) is 5.76. The van der Waals surface area contributed by atoms with Crippen LogP contribution in [0, 0.1) is 6.92 Å². The second kappa shape index (κ2) is 6.92. The molecule has 1 N–H and O–H groups in total. The summed E-state index contributed by atoms with van der Waals surface area (Å²) in [5, 5.41) is 9.09. The molecule has 0 bridgehead atoms. The van der Waals surface area contributed by atoms with E-state index in [9.17, 15) is 0 Å². The quantitative estimate of drug-likeness (QED) is 0.822. The van der Waals surface area contributed by atoms with Crippen LogP contribution in [0.2, 0.25) is 0 Å². The van der Waals surface area contributed by atoms with E-state index in [4.69, 9.17) is 9.84 Å². The van der Waals surface area contributed by atoms with Crippen LogP contribution in [0.25, 0.3) is 0 Å². The van der Waals surface area contributed by atoms with Crippen LogP contribution in [0.5, 0.6) is 5.75 Å². The Morgan fingerprint density at radius 1 is 1.32 bits per heavy atom. The lowest BCUT2D eigenvalue weighted by Crippen LogP contribution is -2.42. The first-order valence-corrected chi connectivity index (χ1v) is 6.86. The molecule has 0 saturated heterocycles. The largest absolute Gasteiger partial charge is 0.496 e. The van der Waals surface area contributed by atoms with Crippen molar-refractivity contribution in [1.82, 2.24) is 4.90 Å². The minimum atomic E-state index is 0.0380. The fourth-order valence-corrected chi connectivity index (χ4v) is 2.16. The zero-order valence-corrected chi connectivity index (χ0v) is 12.9. The maximum atomic E-state index is 9.09. The van der Waals surface area contributed by atoms with Crippen LogP contribution < -0.4 is 4.74 Å². The monoisotopic (exact) mass is 265 g/mol. The van der Waals surface area contributed by atoms with Crippen LogP contribution in [-0.2, 0) is 6.42 Å². The average molecular weight is 265 g/mol. The summed E-state index contributed by atoms with van der Waals surface area (Å²) in [6, 6.07) is 6.34. The van der Waals surface area contributed by atoms with Gasteiger partial charge in [-0.1, -0.05) is 12.1 Å². The summed E-state index contributed by atoms with van der Waals surface area (Å²) in [6.45, 7) is 7.63. The van der Waals surface area contributed by atoms with E-state index in [1.54, 1.807) is 7.11 Å². The van der Waals surface area contributed by atoms with Gasteiger partial charge in [0.25, 0.3) is 0 Å². The number of nitrogens with zero attached hydrogens (tertiary/aromatic N) is 1. The number of ether oxygens (including phenoxy) is 1. The minimum absolute atomic E-state index is 0.0380. The van der Waals surface area contributed by atoms with E-state index < -0.39 is 0 Å². The molecular formula is C16H27NO2. The molecule has 0 aromatic heterocycles. The molecule has 0 radical (unpaired) electrons. The standard InChI is InChI=1S/C16H27NO2/c1-13-12-14(6-7-15(13)19-5)8-10-17(4)16(2,3)9-11-18/h6-7,12,18H,8-11H2,1-5H3. The molecule has 0 amide bonds. The van der Waals surface area contributed by atoms with E-state index in [0.29, 0.717) is 0 Å². The number of benzene rings is 1. The first-order chi connectivity index (χ1) is 8.90. The molecule has 3 nitrogen and oxygen atoms in total. The number of hydrogen-bond acceptors (Lipinski definition) is 3. The highest BCUT2D eigenvalue weighted by molar-refractivity contribution is 5.36. The molecule has 19 heavy (non-hydrogen) atoms. The highest BCUT2D eigenvalue weighted by atomic mass is 16.5. The summed E-state index contributed by atoms with van der Waals surface area (Å²) < 4.78 is 5.27. The van der Waals surface area contributed by atoms with E-state index in [0.717, 1.165) is 25.1 Å². The Kier molecular flexibility index (Phi) is 5.83. The van der Waals surface area contributed by atoms with Crippen LogP contribution in [0.4, 0.5) is 0 Å². The van der Waals surface area contributed by atoms with Crippen LogP contribution in [0.3, 0.4) is 0 Å². The van der Waals surface area contributed by atoms with Crippen molar-refractivity contribution in [3.05, 3.63) is 29.3 Å². The predicted molar refractivity (Wildman–Crippen MR) is 79.8 cm³/mol. The third-order valence-electron chi connectivity index (χ3n) is 3.95. The van der Waals surface area contributed by atoms with Crippen molar-refractivity contribution < 1.29 is 9.84 Å². The summed E-state index contributed by atoms with van der Waals surface area (Å²) >= 11 is 0. The van der Waals surface area contributed by atoms with Gasteiger partial charge in [0.05, 0.1) is 7.11 Å². The van der Waals surface area contributed by atoms with Gasteiger partial charge in [-0.05, 0) is 57.9 Å². The van der Waals surface area contributed by atoms with Crippen molar-refractivity contribution in [2.24, 2.45) is 0 Å². The molecule has 0 spiro atoms. The third kappa shape index (κ3) is 4.51. The highest BCUT2D eigenvalue weighted by Crippen LogP contribution is 2.20. The van der Waals surface area contributed by atoms with Gasteiger partial charge >= 0.3 is 0 Å². The Morgan fingerprint density at radius 3 is 2.53 bits per heavy atom. The summed E-state index contributed by atoms with van der Waals surface area (Å²) in [5.41, 5.74) is 2.54. The van der Waals surface area contributed by atoms with Gasteiger partial charge in [-0.15, -0.1) is 0 Å². The topological polar surface area (TPSA) is 32.7 Å². The van der Waals surface area contributed by atoms with Gasteiger partial charge in [0, 0.05) is 18.7 Å². The molecule has 0 unspecified atom stereocenters. The predicted octanol–water partition coefficient (Wildman–Crippen LogP) is 2.64. The lowest BCUT2D eigenvalue weighted by molar-refractivity contribution is 0.118. The smallest absolute Gasteiger partial charge is 0.121 e. The fourth-order valence-electron chi connectivity index (χ4n) is 2.16. The van der Waals surface area contributed by atoms with E-state index in [-0.39, 0.29) is 12.1 Å². The van der Waals surface area contributed by atoms with Gasteiger partial charge in [-0.25, -0.2) is 0 Å². The van der Waals surface area contributed by atoms with Crippen molar-refractivity contribution in [2.75, 3.05) is 27.3 Å². The van der Waals surface area contributed by atoms with Gasteiger partial charge in [-0.2, -0.15) is 0 Å². The molecular weight excluding hydrogens is 238 g/mol. The van der Waals surface area contributed by atoms with Gasteiger partial charge in [0.2, 0.25) is 0 Å². The molecule has 0 aliphatic carbocycles. The molecule has 0 fully saturated rings. The molecule has 1 rings (SSSR count). The van der Waals surface area contributed by atoms with Crippen molar-refractivity contribution in [1.29, 1.82) is 0 Å². The maximum absolute atomic E-state index is 9.09. The van der Waals surface area contributed by atoms with Gasteiger partial charge in [0.15, 0.2) is 0 Å². The van der Waals surface area contributed by atoms with E-state index in [2.05, 4.69) is 44.9 Å². The zero-order valence-electron chi connectivity index (χ0n) is 12.9. The Hall–Kier alpha value is -1.06. The maximum Gasteiger partial charge on any atom is 0.121 e. The molecule has 0 aliphatic heterocycles. The Bertz CT molecular complexity index is 402. The number of methoxy groups -OCH3 is 1. The molecule has 1 aromatic rings. The lowest BCUT2D eigenvalue weighted by atomic mass is 9.98. The van der Waals surface area contributed by atoms with Crippen LogP contribution in [0.1, 0.15) is 31.4 Å². The molecule has 0 saturated carbocycles. The van der Waals surface area contributed by atoms with Gasteiger partial charge in [0.1, 0.15) is 5.75 Å². The fraction of sp³-hybridized carbons (Fsp3) is 0.625. The van der Waals surface area contributed by atoms with Gasteiger partial charge in [-0.3, -0.25) is 0 Å². The van der Waals surface area contributed by atoms with E-state index >= 15 is 0 Å². The third-order valence-corrected chi connectivity index (χ3v) is 3.95. The summed E-state index contributed by atoms with van der Waals surface area (Å²) in [4.78, 5) is 2.31. The summed E-state index contributed by atoms with van der Waals surface area (Å²) in [5.74, 6) is 0.942. The number of likely N-dealkylation sites (N-methyl/N-ethyl adjacent to an activating group) is 1. The average Bonchev–Trinajstić information content (AvgIpc) is 2.36. The van der Waals surface area contributed by atoms with Crippen LogP contribution in [-0.4, -0.2) is 42.9 Å². The summed E-state index contributed by atoms with van der Waals surface area (Å²) in [6.07, 6.45) is 1.81. The molecule has 108 valence electrons. The molecule has 0 aliphatic rings. The SMILES string of the molecule is COc1ccc(CCN(C)C(C)(C)CCO)cc1C. The van der Waals surface area contributed by atoms with E-state index in [1.807, 2.05) is 6.07 Å². The second-order valence-electron chi connectivity index (χ2n) is 5.76. The van der Waals surface area contributed by atoms with Crippen LogP contribution in [0.15, 0.2) is 18.2 Å². The number of hydrogen-bond donors (Lipinski definition) is 1. The number of aliphatic hydroxyl groups is 1. The Labute approximate surface area is 117 Å². The lowest BCUT2D eigenvalue weighted by Gasteiger charge is -2.35. The molecule has 0 atom stereocenters. The highest BCUT2D eigenvalue weighted by Gasteiger charge is 2.22. The molecule has 1 aromatic carbocycles. The normalized spacial score (nSPS) is 11.9. The van der Waals surface area contributed by atoms with Crippen molar-refractivity contribution in [3.8, 4) is 5.75 Å². The first kappa shape index (κ1) is 16.0. The number of aryl methyl sites for hydroxylation is 1. The Morgan fingerprint density at radius 2 is 2.00 bits per heavy atom. The van der Waals surface area contributed by atoms with Crippen molar-refractivity contribution in [3.63, 3.8) is 0 Å².